The van der Waals surface area contributed by atoms with E-state index in [-0.39, 0.29) is 40.3 Å². The highest BCUT2D eigenvalue weighted by Crippen LogP contribution is 2.32. The van der Waals surface area contributed by atoms with E-state index in [0.717, 1.165) is 0 Å². The van der Waals surface area contributed by atoms with Crippen LogP contribution in [0.15, 0.2) is 68.2 Å². The van der Waals surface area contributed by atoms with Crippen LogP contribution < -0.4 is 10.2 Å². The number of phenols is 1. The van der Waals surface area contributed by atoms with Gasteiger partial charge >= 0.3 is 5.97 Å². The van der Waals surface area contributed by atoms with Gasteiger partial charge in [0.15, 0.2) is 0 Å². The molecule has 0 saturated heterocycles. The second-order valence-corrected chi connectivity index (χ2v) is 6.40. The molecule has 0 aliphatic carbocycles. The summed E-state index contributed by atoms with van der Waals surface area (Å²) < 4.78 is 16.5. The zero-order chi connectivity index (χ0) is 20.5. The highest BCUT2D eigenvalue weighted by Gasteiger charge is 2.18. The lowest BCUT2D eigenvalue weighted by atomic mass is 10.0. The van der Waals surface area contributed by atoms with Gasteiger partial charge in [0.1, 0.15) is 40.6 Å². The third-order valence-corrected chi connectivity index (χ3v) is 4.44. The number of aryl methyl sites for hydroxylation is 1. The van der Waals surface area contributed by atoms with E-state index >= 15 is 0 Å². The van der Waals surface area contributed by atoms with Crippen LogP contribution in [0.1, 0.15) is 22.1 Å². The number of carboxylic acids is 1. The third kappa shape index (κ3) is 3.45. The van der Waals surface area contributed by atoms with Crippen molar-refractivity contribution < 1.29 is 28.6 Å². The lowest BCUT2D eigenvalue weighted by Crippen LogP contribution is -2.08. The van der Waals surface area contributed by atoms with Crippen LogP contribution in [0.5, 0.6) is 11.5 Å². The Bertz CT molecular complexity index is 1270. The quantitative estimate of drug-likeness (QED) is 0.520. The predicted molar refractivity (Wildman–Crippen MR) is 104 cm³/mol. The standard InChI is InChI=1S/C22H16O7/c1-12-19(13-5-3-2-4-6-13)21(24)20-16(23)9-15(10-18(20)28-12)27-11-14-7-8-17(29-14)22(25)26/h2-10,23H,11H2,1H3,(H,25,26). The van der Waals surface area contributed by atoms with E-state index in [1.54, 1.807) is 19.1 Å². The van der Waals surface area contributed by atoms with Crippen molar-refractivity contribution in [3.8, 4) is 22.6 Å². The molecule has 146 valence electrons. The minimum atomic E-state index is -1.17. The number of aromatic carboxylic acids is 1. The molecule has 0 radical (unpaired) electrons. The van der Waals surface area contributed by atoms with Gasteiger partial charge < -0.3 is 23.8 Å². The second kappa shape index (κ2) is 7.20. The van der Waals surface area contributed by atoms with Gasteiger partial charge in [-0.3, -0.25) is 4.79 Å². The van der Waals surface area contributed by atoms with Crippen molar-refractivity contribution >= 4 is 16.9 Å². The zero-order valence-corrected chi connectivity index (χ0v) is 15.3. The maximum Gasteiger partial charge on any atom is 0.371 e. The minimum Gasteiger partial charge on any atom is -0.507 e. The first kappa shape index (κ1) is 18.4. The molecule has 4 rings (SSSR count). The monoisotopic (exact) mass is 392 g/mol. The molecule has 2 aromatic heterocycles. The van der Waals surface area contributed by atoms with E-state index in [0.29, 0.717) is 22.6 Å². The van der Waals surface area contributed by atoms with Gasteiger partial charge in [-0.1, -0.05) is 30.3 Å². The number of furan rings is 1. The Labute approximate surface area is 164 Å². The van der Waals surface area contributed by atoms with Crippen LogP contribution in [0.3, 0.4) is 0 Å². The molecule has 0 atom stereocenters. The van der Waals surface area contributed by atoms with Gasteiger partial charge in [-0.05, 0) is 24.6 Å². The molecule has 0 saturated carbocycles. The summed E-state index contributed by atoms with van der Waals surface area (Å²) in [6.45, 7) is 1.63. The van der Waals surface area contributed by atoms with Gasteiger partial charge in [-0.25, -0.2) is 4.79 Å². The molecule has 7 nitrogen and oxygen atoms in total. The average Bonchev–Trinajstić information content (AvgIpc) is 3.16. The minimum absolute atomic E-state index is 0.0520. The Morgan fingerprint density at radius 1 is 1.07 bits per heavy atom. The lowest BCUT2D eigenvalue weighted by molar-refractivity contribution is 0.0658. The van der Waals surface area contributed by atoms with E-state index in [2.05, 4.69) is 0 Å². The van der Waals surface area contributed by atoms with Crippen molar-refractivity contribution in [2.45, 2.75) is 13.5 Å². The molecular weight excluding hydrogens is 376 g/mol. The Kier molecular flexibility index (Phi) is 4.56. The fourth-order valence-corrected chi connectivity index (χ4v) is 3.13. The van der Waals surface area contributed by atoms with Crippen molar-refractivity contribution in [2.75, 3.05) is 0 Å². The molecule has 7 heteroatoms. The van der Waals surface area contributed by atoms with E-state index in [4.69, 9.17) is 18.7 Å². The molecule has 0 amide bonds. The number of benzene rings is 2. The first-order valence-corrected chi connectivity index (χ1v) is 8.74. The molecule has 2 heterocycles. The van der Waals surface area contributed by atoms with Crippen molar-refractivity contribution in [3.05, 3.63) is 82.1 Å². The number of rotatable bonds is 5. The smallest absolute Gasteiger partial charge is 0.371 e. The van der Waals surface area contributed by atoms with Crippen LogP contribution in [0.25, 0.3) is 22.1 Å². The van der Waals surface area contributed by atoms with E-state index in [1.165, 1.54) is 24.3 Å². The van der Waals surface area contributed by atoms with Gasteiger partial charge in [0, 0.05) is 12.1 Å². The van der Waals surface area contributed by atoms with Crippen LogP contribution >= 0.6 is 0 Å². The zero-order valence-electron chi connectivity index (χ0n) is 15.3. The van der Waals surface area contributed by atoms with Gasteiger partial charge in [-0.15, -0.1) is 0 Å². The summed E-state index contributed by atoms with van der Waals surface area (Å²) >= 11 is 0. The summed E-state index contributed by atoms with van der Waals surface area (Å²) in [7, 11) is 0. The summed E-state index contributed by atoms with van der Waals surface area (Å²) in [5, 5.41) is 19.4. The molecule has 0 bridgehead atoms. The van der Waals surface area contributed by atoms with Gasteiger partial charge in [0.05, 0.1) is 5.56 Å². The summed E-state index contributed by atoms with van der Waals surface area (Å²) in [6, 6.07) is 14.7. The van der Waals surface area contributed by atoms with Crippen LogP contribution in [0.2, 0.25) is 0 Å². The van der Waals surface area contributed by atoms with Crippen LogP contribution in [0, 0.1) is 6.92 Å². The van der Waals surface area contributed by atoms with Gasteiger partial charge in [0.2, 0.25) is 11.2 Å². The Morgan fingerprint density at radius 3 is 2.52 bits per heavy atom. The Balaban J connectivity index is 1.70. The summed E-state index contributed by atoms with van der Waals surface area (Å²) in [5.74, 6) is -0.667. The fraction of sp³-hybridized carbons (Fsp3) is 0.0909. The highest BCUT2D eigenvalue weighted by molar-refractivity contribution is 5.89. The maximum absolute atomic E-state index is 13.0. The summed E-state index contributed by atoms with van der Waals surface area (Å²) in [5.41, 5.74) is 0.940. The lowest BCUT2D eigenvalue weighted by Gasteiger charge is -2.10. The van der Waals surface area contributed by atoms with E-state index < -0.39 is 5.97 Å². The van der Waals surface area contributed by atoms with Crippen molar-refractivity contribution in [1.29, 1.82) is 0 Å². The van der Waals surface area contributed by atoms with Crippen LogP contribution in [-0.4, -0.2) is 16.2 Å². The molecule has 0 aliphatic heterocycles. The molecule has 0 aliphatic rings. The van der Waals surface area contributed by atoms with E-state index in [1.807, 2.05) is 18.2 Å². The number of hydrogen-bond donors (Lipinski definition) is 2. The molecule has 0 spiro atoms. The van der Waals surface area contributed by atoms with Crippen LogP contribution in [0.4, 0.5) is 0 Å². The van der Waals surface area contributed by atoms with Crippen molar-refractivity contribution in [3.63, 3.8) is 0 Å². The third-order valence-electron chi connectivity index (χ3n) is 4.44. The summed E-state index contributed by atoms with van der Waals surface area (Å²) in [6.07, 6.45) is 0. The number of ether oxygens (including phenoxy) is 1. The molecule has 0 fully saturated rings. The molecular formula is C22H16O7. The number of carbonyl (C=O) groups is 1. The van der Waals surface area contributed by atoms with Crippen LogP contribution in [-0.2, 0) is 6.61 Å². The summed E-state index contributed by atoms with van der Waals surface area (Å²) in [4.78, 5) is 23.9. The second-order valence-electron chi connectivity index (χ2n) is 6.40. The Hall–Kier alpha value is -4.00. The largest absolute Gasteiger partial charge is 0.507 e. The molecule has 2 aromatic carbocycles. The van der Waals surface area contributed by atoms with Crippen molar-refractivity contribution in [2.24, 2.45) is 0 Å². The molecule has 2 N–H and O–H groups in total. The highest BCUT2D eigenvalue weighted by atomic mass is 16.5. The van der Waals surface area contributed by atoms with Gasteiger partial charge in [0.25, 0.3) is 0 Å². The van der Waals surface area contributed by atoms with E-state index in [9.17, 15) is 14.7 Å². The predicted octanol–water partition coefficient (Wildman–Crippen LogP) is 4.34. The number of aromatic hydroxyl groups is 1. The number of fused-ring (bicyclic) bond motifs is 1. The SMILES string of the molecule is Cc1oc2cc(OCc3ccc(C(=O)O)o3)cc(O)c2c(=O)c1-c1ccccc1. The molecule has 29 heavy (non-hydrogen) atoms. The molecule has 0 unspecified atom stereocenters. The number of phenolic OH excluding ortho intramolecular Hbond substituents is 1. The first-order valence-electron chi connectivity index (χ1n) is 8.74. The first-order chi connectivity index (χ1) is 13.9. The topological polar surface area (TPSA) is 110 Å². The normalized spacial score (nSPS) is 10.9. The molecule has 4 aromatic rings. The Morgan fingerprint density at radius 2 is 1.83 bits per heavy atom. The number of carboxylic acid groups (broad SMARTS) is 1. The fourth-order valence-electron chi connectivity index (χ4n) is 3.13. The maximum atomic E-state index is 13.0. The number of hydrogen-bond acceptors (Lipinski definition) is 6. The van der Waals surface area contributed by atoms with Crippen molar-refractivity contribution in [1.82, 2.24) is 0 Å². The average molecular weight is 392 g/mol. The van der Waals surface area contributed by atoms with Gasteiger partial charge in [-0.2, -0.15) is 0 Å².